The first-order chi connectivity index (χ1) is 8.06. The van der Waals surface area contributed by atoms with E-state index in [0.29, 0.717) is 6.54 Å². The number of aromatic nitrogens is 2. The highest BCUT2D eigenvalue weighted by molar-refractivity contribution is 9.10. The molecule has 0 bridgehead atoms. The molecule has 0 amide bonds. The van der Waals surface area contributed by atoms with Gasteiger partial charge < -0.3 is 9.67 Å². The van der Waals surface area contributed by atoms with Gasteiger partial charge in [0.05, 0.1) is 12.2 Å². The Morgan fingerprint density at radius 2 is 2.29 bits per heavy atom. The zero-order valence-electron chi connectivity index (χ0n) is 9.22. The molecule has 0 aliphatic carbocycles. The average molecular weight is 295 g/mol. The van der Waals surface area contributed by atoms with Crippen LogP contribution in [-0.2, 0) is 6.54 Å². The normalized spacial score (nSPS) is 10.5. The average Bonchev–Trinajstić information content (AvgIpc) is 2.59. The highest BCUT2D eigenvalue weighted by atomic mass is 79.9. The van der Waals surface area contributed by atoms with Crippen molar-refractivity contribution >= 4 is 21.9 Å². The summed E-state index contributed by atoms with van der Waals surface area (Å²) < 4.78 is 2.41. The molecular weight excluding hydrogens is 284 g/mol. The SMILES string of the molecule is Cc1cccc(Cn2cc(Br)cc2C(=O)O)n1. The van der Waals surface area contributed by atoms with Crippen LogP contribution in [-0.4, -0.2) is 20.6 Å². The molecule has 17 heavy (non-hydrogen) atoms. The molecule has 2 heterocycles. The van der Waals surface area contributed by atoms with E-state index in [-0.39, 0.29) is 5.69 Å². The van der Waals surface area contributed by atoms with Gasteiger partial charge in [0.25, 0.3) is 0 Å². The second-order valence-corrected chi connectivity index (χ2v) is 4.66. The zero-order chi connectivity index (χ0) is 12.4. The molecule has 2 aromatic heterocycles. The maximum absolute atomic E-state index is 11.0. The number of rotatable bonds is 3. The van der Waals surface area contributed by atoms with E-state index < -0.39 is 5.97 Å². The van der Waals surface area contributed by atoms with Gasteiger partial charge in [0.15, 0.2) is 0 Å². The maximum Gasteiger partial charge on any atom is 0.352 e. The van der Waals surface area contributed by atoms with E-state index in [1.165, 1.54) is 0 Å². The van der Waals surface area contributed by atoms with Crippen LogP contribution < -0.4 is 0 Å². The first-order valence-corrected chi connectivity index (χ1v) is 5.87. The van der Waals surface area contributed by atoms with E-state index in [0.717, 1.165) is 15.9 Å². The largest absolute Gasteiger partial charge is 0.477 e. The van der Waals surface area contributed by atoms with Crippen molar-refractivity contribution in [1.82, 2.24) is 9.55 Å². The summed E-state index contributed by atoms with van der Waals surface area (Å²) in [6.45, 7) is 2.36. The summed E-state index contributed by atoms with van der Waals surface area (Å²) >= 11 is 3.27. The topological polar surface area (TPSA) is 55.1 Å². The monoisotopic (exact) mass is 294 g/mol. The maximum atomic E-state index is 11.0. The van der Waals surface area contributed by atoms with Crippen LogP contribution in [0.15, 0.2) is 34.9 Å². The molecule has 0 aliphatic heterocycles. The van der Waals surface area contributed by atoms with Crippen LogP contribution in [0.5, 0.6) is 0 Å². The minimum atomic E-state index is -0.941. The number of carboxylic acids is 1. The van der Waals surface area contributed by atoms with Gasteiger partial charge in [-0.25, -0.2) is 4.79 Å². The molecule has 0 saturated carbocycles. The third-order valence-electron chi connectivity index (χ3n) is 2.36. The molecule has 88 valence electrons. The van der Waals surface area contributed by atoms with Crippen molar-refractivity contribution in [3.63, 3.8) is 0 Å². The lowest BCUT2D eigenvalue weighted by Crippen LogP contribution is -2.09. The molecule has 4 nitrogen and oxygen atoms in total. The number of aryl methyl sites for hydroxylation is 1. The molecule has 2 aromatic rings. The highest BCUT2D eigenvalue weighted by Crippen LogP contribution is 2.16. The number of halogens is 1. The lowest BCUT2D eigenvalue weighted by Gasteiger charge is -2.06. The first-order valence-electron chi connectivity index (χ1n) is 5.08. The van der Waals surface area contributed by atoms with Gasteiger partial charge >= 0.3 is 5.97 Å². The third kappa shape index (κ3) is 2.74. The summed E-state index contributed by atoms with van der Waals surface area (Å²) in [5, 5.41) is 9.05. The Morgan fingerprint density at radius 1 is 1.53 bits per heavy atom. The molecule has 2 rings (SSSR count). The number of nitrogens with zero attached hydrogens (tertiary/aromatic N) is 2. The molecule has 0 fully saturated rings. The van der Waals surface area contributed by atoms with Crippen LogP contribution in [0.1, 0.15) is 21.9 Å². The summed E-state index contributed by atoms with van der Waals surface area (Å²) in [6.07, 6.45) is 1.74. The standard InChI is InChI=1S/C12H11BrN2O2/c1-8-3-2-4-10(14-8)7-15-6-9(13)5-11(15)12(16)17/h2-6H,7H2,1H3,(H,16,17). The van der Waals surface area contributed by atoms with Crippen molar-refractivity contribution in [3.05, 3.63) is 52.0 Å². The van der Waals surface area contributed by atoms with Crippen molar-refractivity contribution in [2.24, 2.45) is 0 Å². The van der Waals surface area contributed by atoms with E-state index in [4.69, 9.17) is 5.11 Å². The van der Waals surface area contributed by atoms with Crippen molar-refractivity contribution in [3.8, 4) is 0 Å². The number of carboxylic acid groups (broad SMARTS) is 1. The molecule has 5 heteroatoms. The first kappa shape index (κ1) is 11.9. The predicted molar refractivity (Wildman–Crippen MR) is 67.2 cm³/mol. The fourth-order valence-electron chi connectivity index (χ4n) is 1.65. The minimum absolute atomic E-state index is 0.250. The minimum Gasteiger partial charge on any atom is -0.477 e. The Morgan fingerprint density at radius 3 is 2.94 bits per heavy atom. The molecule has 0 unspecified atom stereocenters. The second-order valence-electron chi connectivity index (χ2n) is 3.75. The van der Waals surface area contributed by atoms with Crippen LogP contribution in [0.25, 0.3) is 0 Å². The fraction of sp³-hybridized carbons (Fsp3) is 0.167. The Bertz CT molecular complexity index is 563. The smallest absolute Gasteiger partial charge is 0.352 e. The van der Waals surface area contributed by atoms with Crippen molar-refractivity contribution in [2.45, 2.75) is 13.5 Å². The second kappa shape index (κ2) is 4.71. The number of hydrogen-bond donors (Lipinski definition) is 1. The summed E-state index contributed by atoms with van der Waals surface area (Å²) in [6, 6.07) is 7.29. The predicted octanol–water partition coefficient (Wildman–Crippen LogP) is 2.70. The third-order valence-corrected chi connectivity index (χ3v) is 2.79. The van der Waals surface area contributed by atoms with Gasteiger partial charge in [0.2, 0.25) is 0 Å². The Labute approximate surface area is 107 Å². The number of pyridine rings is 1. The quantitative estimate of drug-likeness (QED) is 0.947. The molecular formula is C12H11BrN2O2. The number of aromatic carboxylic acids is 1. The van der Waals surface area contributed by atoms with E-state index in [1.54, 1.807) is 16.8 Å². The summed E-state index contributed by atoms with van der Waals surface area (Å²) in [4.78, 5) is 15.4. The van der Waals surface area contributed by atoms with Crippen molar-refractivity contribution in [1.29, 1.82) is 0 Å². The zero-order valence-corrected chi connectivity index (χ0v) is 10.8. The molecule has 0 aromatic carbocycles. The summed E-state index contributed by atoms with van der Waals surface area (Å²) in [5.41, 5.74) is 2.02. The van der Waals surface area contributed by atoms with E-state index in [2.05, 4.69) is 20.9 Å². The lowest BCUT2D eigenvalue weighted by molar-refractivity contribution is 0.0685. The number of hydrogen-bond acceptors (Lipinski definition) is 2. The van der Waals surface area contributed by atoms with Crippen LogP contribution in [0.3, 0.4) is 0 Å². The van der Waals surface area contributed by atoms with Gasteiger partial charge in [-0.3, -0.25) is 4.98 Å². The Hall–Kier alpha value is -1.62. The van der Waals surface area contributed by atoms with Gasteiger partial charge in [0.1, 0.15) is 5.69 Å². The molecule has 0 atom stereocenters. The van der Waals surface area contributed by atoms with Gasteiger partial charge in [0, 0.05) is 16.4 Å². The van der Waals surface area contributed by atoms with Gasteiger partial charge in [-0.15, -0.1) is 0 Å². The van der Waals surface area contributed by atoms with Crippen LogP contribution in [0.4, 0.5) is 0 Å². The van der Waals surface area contributed by atoms with E-state index in [1.807, 2.05) is 25.1 Å². The van der Waals surface area contributed by atoms with Crippen LogP contribution in [0, 0.1) is 6.92 Å². The summed E-state index contributed by atoms with van der Waals surface area (Å²) in [7, 11) is 0. The molecule has 0 saturated heterocycles. The van der Waals surface area contributed by atoms with E-state index in [9.17, 15) is 4.79 Å². The number of carbonyl (C=O) groups is 1. The Kier molecular flexibility index (Phi) is 3.28. The highest BCUT2D eigenvalue weighted by Gasteiger charge is 2.12. The van der Waals surface area contributed by atoms with Crippen molar-refractivity contribution in [2.75, 3.05) is 0 Å². The molecule has 0 aliphatic rings. The molecule has 0 radical (unpaired) electrons. The van der Waals surface area contributed by atoms with Crippen LogP contribution in [0.2, 0.25) is 0 Å². The van der Waals surface area contributed by atoms with E-state index >= 15 is 0 Å². The van der Waals surface area contributed by atoms with Gasteiger partial charge in [-0.05, 0) is 41.1 Å². The lowest BCUT2D eigenvalue weighted by atomic mass is 10.3. The van der Waals surface area contributed by atoms with Crippen molar-refractivity contribution < 1.29 is 9.90 Å². The fourth-order valence-corrected chi connectivity index (χ4v) is 2.11. The Balaban J connectivity index is 2.32. The van der Waals surface area contributed by atoms with Gasteiger partial charge in [-0.2, -0.15) is 0 Å². The van der Waals surface area contributed by atoms with Crippen LogP contribution >= 0.6 is 15.9 Å². The molecule has 0 spiro atoms. The summed E-state index contributed by atoms with van der Waals surface area (Å²) in [5.74, 6) is -0.941. The molecule has 1 N–H and O–H groups in total. The van der Waals surface area contributed by atoms with Gasteiger partial charge in [-0.1, -0.05) is 6.07 Å².